The van der Waals surface area contributed by atoms with Crippen molar-refractivity contribution < 1.29 is 14.1 Å². The molecule has 7 nitrogen and oxygen atoms in total. The first kappa shape index (κ1) is 22.8. The van der Waals surface area contributed by atoms with Crippen LogP contribution in [0.4, 0.5) is 5.69 Å². The van der Waals surface area contributed by atoms with Crippen molar-refractivity contribution >= 4 is 34.6 Å². The summed E-state index contributed by atoms with van der Waals surface area (Å²) in [5.41, 5.74) is 4.18. The van der Waals surface area contributed by atoms with E-state index in [0.717, 1.165) is 28.1 Å². The molecule has 170 valence electrons. The standard InChI is InChI=1S/C25H26N4O3S/c1-6-22-27-23(32-28-22)17(4)33-25-26-21(14-18-7-9-20(31-5)10-8-18)24(30)29(25)19-12-15(2)11-16(3)13-19/h7-14,17H,6H2,1-5H3/b21-14+. The second-order valence-corrected chi connectivity index (χ2v) is 9.15. The van der Waals surface area contributed by atoms with E-state index in [1.165, 1.54) is 11.8 Å². The number of aryl methyl sites for hydroxylation is 3. The number of hydrogen-bond acceptors (Lipinski definition) is 7. The maximum absolute atomic E-state index is 13.5. The van der Waals surface area contributed by atoms with Gasteiger partial charge >= 0.3 is 0 Å². The Kier molecular flexibility index (Phi) is 6.65. The van der Waals surface area contributed by atoms with Crippen molar-refractivity contribution in [3.05, 3.63) is 76.6 Å². The number of aromatic nitrogens is 2. The van der Waals surface area contributed by atoms with E-state index in [1.54, 1.807) is 18.1 Å². The van der Waals surface area contributed by atoms with Crippen LogP contribution in [-0.2, 0) is 11.2 Å². The van der Waals surface area contributed by atoms with Gasteiger partial charge in [0.25, 0.3) is 5.91 Å². The van der Waals surface area contributed by atoms with Crippen molar-refractivity contribution in [2.45, 2.75) is 39.4 Å². The molecule has 0 N–H and O–H groups in total. The number of ether oxygens (including phenoxy) is 1. The summed E-state index contributed by atoms with van der Waals surface area (Å²) >= 11 is 1.42. The van der Waals surface area contributed by atoms with Gasteiger partial charge in [0.2, 0.25) is 5.89 Å². The number of methoxy groups -OCH3 is 1. The Bertz CT molecular complexity index is 1210. The van der Waals surface area contributed by atoms with Gasteiger partial charge in [-0.2, -0.15) is 4.98 Å². The fourth-order valence-corrected chi connectivity index (χ4v) is 4.48. The van der Waals surface area contributed by atoms with Crippen molar-refractivity contribution in [3.63, 3.8) is 0 Å². The van der Waals surface area contributed by atoms with E-state index in [-0.39, 0.29) is 11.2 Å². The predicted octanol–water partition coefficient (Wildman–Crippen LogP) is 5.50. The van der Waals surface area contributed by atoms with E-state index < -0.39 is 0 Å². The van der Waals surface area contributed by atoms with Crippen LogP contribution >= 0.6 is 11.8 Å². The summed E-state index contributed by atoms with van der Waals surface area (Å²) in [6.45, 7) is 7.98. The molecule has 1 atom stereocenters. The molecule has 4 rings (SSSR count). The van der Waals surface area contributed by atoms with Crippen LogP contribution in [0.2, 0.25) is 0 Å². The van der Waals surface area contributed by atoms with E-state index in [4.69, 9.17) is 14.3 Å². The van der Waals surface area contributed by atoms with Gasteiger partial charge in [-0.05, 0) is 67.8 Å². The second-order valence-electron chi connectivity index (χ2n) is 7.85. The molecule has 0 fully saturated rings. The minimum absolute atomic E-state index is 0.168. The molecule has 0 bridgehead atoms. The Balaban J connectivity index is 1.70. The summed E-state index contributed by atoms with van der Waals surface area (Å²) in [6.07, 6.45) is 2.49. The van der Waals surface area contributed by atoms with E-state index in [2.05, 4.69) is 16.2 Å². The zero-order valence-electron chi connectivity index (χ0n) is 19.3. The number of rotatable bonds is 6. The highest BCUT2D eigenvalue weighted by Crippen LogP contribution is 2.36. The summed E-state index contributed by atoms with van der Waals surface area (Å²) in [7, 11) is 1.62. The van der Waals surface area contributed by atoms with Crippen LogP contribution in [0.1, 0.15) is 47.5 Å². The molecule has 0 radical (unpaired) electrons. The van der Waals surface area contributed by atoms with Gasteiger partial charge in [0.1, 0.15) is 11.4 Å². The number of carbonyl (C=O) groups excluding carboxylic acids is 1. The molecule has 33 heavy (non-hydrogen) atoms. The van der Waals surface area contributed by atoms with Crippen LogP contribution in [0, 0.1) is 13.8 Å². The highest BCUT2D eigenvalue weighted by atomic mass is 32.2. The Hall–Kier alpha value is -3.39. The number of amidine groups is 1. The first-order valence-electron chi connectivity index (χ1n) is 10.7. The summed E-state index contributed by atoms with van der Waals surface area (Å²) in [5, 5.41) is 4.40. The SMILES string of the molecule is CCc1noc(C(C)SC2=N/C(=C/c3ccc(OC)cc3)C(=O)N2c2cc(C)cc(C)c2)n1. The smallest absolute Gasteiger partial charge is 0.283 e. The van der Waals surface area contributed by atoms with Crippen LogP contribution < -0.4 is 9.64 Å². The molecule has 0 aliphatic carbocycles. The summed E-state index contributed by atoms with van der Waals surface area (Å²) in [6, 6.07) is 13.6. The fourth-order valence-electron chi connectivity index (χ4n) is 3.53. The number of carbonyl (C=O) groups is 1. The largest absolute Gasteiger partial charge is 0.497 e. The number of anilines is 1. The molecule has 3 aromatic rings. The topological polar surface area (TPSA) is 80.8 Å². The van der Waals surface area contributed by atoms with E-state index in [9.17, 15) is 4.79 Å². The van der Waals surface area contributed by atoms with Crippen LogP contribution in [0.5, 0.6) is 5.75 Å². The van der Waals surface area contributed by atoms with Crippen molar-refractivity contribution in [2.24, 2.45) is 4.99 Å². The maximum atomic E-state index is 13.5. The van der Waals surface area contributed by atoms with Crippen LogP contribution in [0.3, 0.4) is 0 Å². The molecule has 0 saturated heterocycles. The lowest BCUT2D eigenvalue weighted by Crippen LogP contribution is -2.30. The Morgan fingerprint density at radius 2 is 1.85 bits per heavy atom. The quantitative estimate of drug-likeness (QED) is 0.450. The lowest BCUT2D eigenvalue weighted by Gasteiger charge is -2.20. The minimum Gasteiger partial charge on any atom is -0.497 e. The maximum Gasteiger partial charge on any atom is 0.283 e. The number of benzene rings is 2. The third kappa shape index (κ3) is 5.01. The molecule has 2 heterocycles. The minimum atomic E-state index is -0.176. The Morgan fingerprint density at radius 1 is 1.15 bits per heavy atom. The Morgan fingerprint density at radius 3 is 2.45 bits per heavy atom. The molecular formula is C25H26N4O3S. The predicted molar refractivity (Wildman–Crippen MR) is 131 cm³/mol. The number of amides is 1. The van der Waals surface area contributed by atoms with Gasteiger partial charge in [0.05, 0.1) is 18.0 Å². The lowest BCUT2D eigenvalue weighted by atomic mass is 10.1. The van der Waals surface area contributed by atoms with Gasteiger partial charge in [-0.1, -0.05) is 42.0 Å². The average Bonchev–Trinajstić information content (AvgIpc) is 3.38. The first-order valence-corrected chi connectivity index (χ1v) is 11.6. The third-order valence-corrected chi connectivity index (χ3v) is 6.18. The first-order chi connectivity index (χ1) is 15.9. The molecule has 1 aliphatic rings. The molecular weight excluding hydrogens is 436 g/mol. The zero-order chi connectivity index (χ0) is 23.5. The Labute approximate surface area is 197 Å². The summed E-state index contributed by atoms with van der Waals surface area (Å²) in [4.78, 5) is 24.3. The zero-order valence-corrected chi connectivity index (χ0v) is 20.1. The lowest BCUT2D eigenvalue weighted by molar-refractivity contribution is -0.113. The molecule has 1 aromatic heterocycles. The molecule has 8 heteroatoms. The molecule has 2 aromatic carbocycles. The normalized spacial score (nSPS) is 15.8. The molecule has 0 spiro atoms. The fraction of sp³-hybridized carbons (Fsp3) is 0.280. The van der Waals surface area contributed by atoms with Crippen molar-refractivity contribution in [1.82, 2.24) is 10.1 Å². The van der Waals surface area contributed by atoms with Crippen molar-refractivity contribution in [1.29, 1.82) is 0 Å². The van der Waals surface area contributed by atoms with E-state index in [1.807, 2.05) is 64.1 Å². The van der Waals surface area contributed by atoms with Crippen LogP contribution in [-0.4, -0.2) is 28.3 Å². The van der Waals surface area contributed by atoms with E-state index in [0.29, 0.717) is 29.0 Å². The number of hydrogen-bond donors (Lipinski definition) is 0. The van der Waals surface area contributed by atoms with Gasteiger partial charge in [-0.3, -0.25) is 9.69 Å². The van der Waals surface area contributed by atoms with E-state index >= 15 is 0 Å². The highest BCUT2D eigenvalue weighted by molar-refractivity contribution is 8.14. The highest BCUT2D eigenvalue weighted by Gasteiger charge is 2.34. The van der Waals surface area contributed by atoms with Crippen molar-refractivity contribution in [2.75, 3.05) is 12.0 Å². The van der Waals surface area contributed by atoms with Gasteiger partial charge in [0.15, 0.2) is 11.0 Å². The third-order valence-electron chi connectivity index (χ3n) is 5.14. The average molecular weight is 463 g/mol. The second kappa shape index (κ2) is 9.62. The number of aliphatic imine (C=N–C) groups is 1. The number of nitrogens with zero attached hydrogens (tertiary/aromatic N) is 4. The monoisotopic (exact) mass is 462 g/mol. The van der Waals surface area contributed by atoms with Crippen LogP contribution in [0.15, 0.2) is 57.7 Å². The van der Waals surface area contributed by atoms with Gasteiger partial charge < -0.3 is 9.26 Å². The summed E-state index contributed by atoms with van der Waals surface area (Å²) in [5.74, 6) is 1.75. The van der Waals surface area contributed by atoms with Crippen LogP contribution in [0.25, 0.3) is 6.08 Å². The van der Waals surface area contributed by atoms with Gasteiger partial charge in [-0.25, -0.2) is 4.99 Å². The molecule has 1 unspecified atom stereocenters. The van der Waals surface area contributed by atoms with Crippen molar-refractivity contribution in [3.8, 4) is 5.75 Å². The molecule has 1 aliphatic heterocycles. The number of thioether (sulfide) groups is 1. The van der Waals surface area contributed by atoms with Gasteiger partial charge in [-0.15, -0.1) is 0 Å². The molecule has 0 saturated carbocycles. The van der Waals surface area contributed by atoms with Gasteiger partial charge in [0, 0.05) is 6.42 Å². The molecule has 1 amide bonds. The summed E-state index contributed by atoms with van der Waals surface area (Å²) < 4.78 is 10.6.